The predicted octanol–water partition coefficient (Wildman–Crippen LogP) is 0.869. The maximum absolute atomic E-state index is 10.6. The van der Waals surface area contributed by atoms with Crippen LogP contribution in [0.2, 0.25) is 0 Å². The molecule has 0 aromatic carbocycles. The zero-order valence-electron chi connectivity index (χ0n) is 11.2. The first-order valence-corrected chi connectivity index (χ1v) is 6.91. The molecule has 19 heavy (non-hydrogen) atoms. The third kappa shape index (κ3) is 2.33. The van der Waals surface area contributed by atoms with E-state index in [1.807, 2.05) is 13.0 Å². The Morgan fingerprint density at radius 3 is 3.21 bits per heavy atom. The highest BCUT2D eigenvalue weighted by molar-refractivity contribution is 5.45. The summed E-state index contributed by atoms with van der Waals surface area (Å²) >= 11 is 0. The second-order valence-electron chi connectivity index (χ2n) is 5.53. The second-order valence-corrected chi connectivity index (χ2v) is 5.53. The molecule has 104 valence electrons. The average molecular weight is 263 g/mol. The lowest BCUT2D eigenvalue weighted by Crippen LogP contribution is -2.48. The monoisotopic (exact) mass is 263 g/mol. The SMILES string of the molecule is Cc1ccnc(N)c1C(O)C1CN2CCCC2CO1. The number of hydrogen-bond acceptors (Lipinski definition) is 5. The third-order valence-corrected chi connectivity index (χ3v) is 4.30. The van der Waals surface area contributed by atoms with Crippen LogP contribution in [0.1, 0.15) is 30.1 Å². The van der Waals surface area contributed by atoms with Crippen LogP contribution in [0.5, 0.6) is 0 Å². The summed E-state index contributed by atoms with van der Waals surface area (Å²) < 4.78 is 5.84. The van der Waals surface area contributed by atoms with Crippen molar-refractivity contribution in [2.45, 2.75) is 38.0 Å². The standard InChI is InChI=1S/C14H21N3O2/c1-9-4-5-16-14(15)12(9)13(18)11-7-17-6-2-3-10(17)8-19-11/h4-5,10-11,13,18H,2-3,6-8H2,1H3,(H2,15,16). The van der Waals surface area contributed by atoms with E-state index in [1.165, 1.54) is 12.8 Å². The van der Waals surface area contributed by atoms with Gasteiger partial charge in [-0.15, -0.1) is 0 Å². The number of rotatable bonds is 2. The second kappa shape index (κ2) is 5.07. The maximum atomic E-state index is 10.6. The van der Waals surface area contributed by atoms with Crippen molar-refractivity contribution in [3.05, 3.63) is 23.4 Å². The van der Waals surface area contributed by atoms with E-state index in [9.17, 15) is 5.11 Å². The minimum absolute atomic E-state index is 0.209. The number of morpholine rings is 1. The molecule has 1 aromatic rings. The molecule has 3 rings (SSSR count). The van der Waals surface area contributed by atoms with Crippen molar-refractivity contribution in [1.29, 1.82) is 0 Å². The Hall–Kier alpha value is -1.17. The van der Waals surface area contributed by atoms with E-state index in [-0.39, 0.29) is 6.10 Å². The molecule has 0 saturated carbocycles. The summed E-state index contributed by atoms with van der Waals surface area (Å²) in [6.07, 6.45) is 3.19. The Bertz CT molecular complexity index is 446. The maximum Gasteiger partial charge on any atom is 0.129 e. The molecule has 2 fully saturated rings. The fraction of sp³-hybridized carbons (Fsp3) is 0.643. The van der Waals surface area contributed by atoms with Crippen LogP contribution in [-0.4, -0.2) is 46.8 Å². The van der Waals surface area contributed by atoms with Gasteiger partial charge in [0.15, 0.2) is 0 Å². The van der Waals surface area contributed by atoms with Gasteiger partial charge < -0.3 is 15.6 Å². The molecule has 3 heterocycles. The fourth-order valence-corrected chi connectivity index (χ4v) is 3.20. The molecule has 0 radical (unpaired) electrons. The van der Waals surface area contributed by atoms with E-state index in [4.69, 9.17) is 10.5 Å². The summed E-state index contributed by atoms with van der Waals surface area (Å²) in [6, 6.07) is 2.41. The lowest BCUT2D eigenvalue weighted by molar-refractivity contribution is -0.103. The van der Waals surface area contributed by atoms with Crippen LogP contribution in [-0.2, 0) is 4.74 Å². The Labute approximate surface area is 113 Å². The first kappa shape index (κ1) is 12.8. The van der Waals surface area contributed by atoms with Crippen molar-refractivity contribution < 1.29 is 9.84 Å². The van der Waals surface area contributed by atoms with Gasteiger partial charge in [0.25, 0.3) is 0 Å². The normalized spacial score (nSPS) is 29.2. The first-order valence-electron chi connectivity index (χ1n) is 6.91. The summed E-state index contributed by atoms with van der Waals surface area (Å²) in [5.74, 6) is 0.402. The van der Waals surface area contributed by atoms with E-state index < -0.39 is 6.10 Å². The van der Waals surface area contributed by atoms with Crippen LogP contribution in [0.3, 0.4) is 0 Å². The summed E-state index contributed by atoms with van der Waals surface area (Å²) in [5.41, 5.74) is 7.57. The molecule has 2 aliphatic heterocycles. The number of aromatic nitrogens is 1. The van der Waals surface area contributed by atoms with Gasteiger partial charge >= 0.3 is 0 Å². The van der Waals surface area contributed by atoms with Gasteiger partial charge in [-0.25, -0.2) is 4.98 Å². The number of fused-ring (bicyclic) bond motifs is 1. The van der Waals surface area contributed by atoms with Crippen molar-refractivity contribution in [2.24, 2.45) is 0 Å². The van der Waals surface area contributed by atoms with E-state index in [0.29, 0.717) is 24.0 Å². The summed E-state index contributed by atoms with van der Waals surface area (Å²) in [4.78, 5) is 6.49. The summed E-state index contributed by atoms with van der Waals surface area (Å²) in [6.45, 7) is 4.54. The molecular weight excluding hydrogens is 242 g/mol. The van der Waals surface area contributed by atoms with Crippen LogP contribution in [0.15, 0.2) is 12.3 Å². The van der Waals surface area contributed by atoms with Crippen molar-refractivity contribution >= 4 is 5.82 Å². The van der Waals surface area contributed by atoms with Gasteiger partial charge in [-0.1, -0.05) is 0 Å². The molecule has 2 saturated heterocycles. The number of nitrogen functional groups attached to an aromatic ring is 1. The lowest BCUT2D eigenvalue weighted by atomic mass is 9.99. The van der Waals surface area contributed by atoms with E-state index in [1.54, 1.807) is 6.20 Å². The highest BCUT2D eigenvalue weighted by Gasteiger charge is 2.36. The lowest BCUT2D eigenvalue weighted by Gasteiger charge is -2.37. The minimum atomic E-state index is -0.699. The molecule has 0 amide bonds. The zero-order chi connectivity index (χ0) is 13.4. The average Bonchev–Trinajstić information content (AvgIpc) is 2.85. The van der Waals surface area contributed by atoms with Crippen molar-refractivity contribution in [3.8, 4) is 0 Å². The van der Waals surface area contributed by atoms with Crippen LogP contribution in [0.25, 0.3) is 0 Å². The van der Waals surface area contributed by atoms with Gasteiger partial charge in [0, 0.05) is 24.3 Å². The van der Waals surface area contributed by atoms with Gasteiger partial charge in [-0.2, -0.15) is 0 Å². The fourth-order valence-electron chi connectivity index (χ4n) is 3.20. The van der Waals surface area contributed by atoms with Crippen LogP contribution in [0.4, 0.5) is 5.82 Å². The molecule has 0 bridgehead atoms. The van der Waals surface area contributed by atoms with E-state index in [2.05, 4.69) is 9.88 Å². The number of nitrogens with zero attached hydrogens (tertiary/aromatic N) is 2. The smallest absolute Gasteiger partial charge is 0.129 e. The molecule has 3 N–H and O–H groups in total. The topological polar surface area (TPSA) is 71.6 Å². The number of pyridine rings is 1. The van der Waals surface area contributed by atoms with Gasteiger partial charge in [0.1, 0.15) is 18.0 Å². The molecule has 1 aromatic heterocycles. The minimum Gasteiger partial charge on any atom is -0.385 e. The van der Waals surface area contributed by atoms with Gasteiger partial charge in [0.2, 0.25) is 0 Å². The quantitative estimate of drug-likeness (QED) is 0.828. The van der Waals surface area contributed by atoms with Crippen molar-refractivity contribution in [1.82, 2.24) is 9.88 Å². The van der Waals surface area contributed by atoms with Crippen LogP contribution in [0, 0.1) is 6.92 Å². The van der Waals surface area contributed by atoms with Crippen LogP contribution >= 0.6 is 0 Å². The number of nitrogens with two attached hydrogens (primary N) is 1. The number of aliphatic hydroxyl groups is 1. The Morgan fingerprint density at radius 2 is 2.42 bits per heavy atom. The van der Waals surface area contributed by atoms with E-state index in [0.717, 1.165) is 18.7 Å². The number of aliphatic hydroxyl groups excluding tert-OH is 1. The molecule has 3 unspecified atom stereocenters. The van der Waals surface area contributed by atoms with Crippen molar-refractivity contribution in [3.63, 3.8) is 0 Å². The predicted molar refractivity (Wildman–Crippen MR) is 72.7 cm³/mol. The molecule has 5 nitrogen and oxygen atoms in total. The van der Waals surface area contributed by atoms with Gasteiger partial charge in [-0.3, -0.25) is 4.90 Å². The number of anilines is 1. The molecule has 0 aliphatic carbocycles. The van der Waals surface area contributed by atoms with Crippen LogP contribution < -0.4 is 5.73 Å². The highest BCUT2D eigenvalue weighted by Crippen LogP contribution is 2.31. The molecule has 0 spiro atoms. The van der Waals surface area contributed by atoms with Gasteiger partial charge in [0.05, 0.1) is 6.61 Å². The summed E-state index contributed by atoms with van der Waals surface area (Å²) in [7, 11) is 0. The molecule has 2 aliphatic rings. The van der Waals surface area contributed by atoms with Crippen molar-refractivity contribution in [2.75, 3.05) is 25.4 Å². The Morgan fingerprint density at radius 1 is 1.58 bits per heavy atom. The molecular formula is C14H21N3O2. The number of ether oxygens (including phenoxy) is 1. The molecule has 3 atom stereocenters. The van der Waals surface area contributed by atoms with E-state index >= 15 is 0 Å². The number of aryl methyl sites for hydroxylation is 1. The summed E-state index contributed by atoms with van der Waals surface area (Å²) in [5, 5.41) is 10.6. The van der Waals surface area contributed by atoms with Gasteiger partial charge in [-0.05, 0) is 37.9 Å². The Balaban J connectivity index is 1.78. The number of hydrogen-bond donors (Lipinski definition) is 2. The third-order valence-electron chi connectivity index (χ3n) is 4.30. The Kier molecular flexibility index (Phi) is 3.43. The zero-order valence-corrected chi connectivity index (χ0v) is 11.2. The first-order chi connectivity index (χ1) is 9.16. The molecule has 5 heteroatoms. The highest BCUT2D eigenvalue weighted by atomic mass is 16.5. The largest absolute Gasteiger partial charge is 0.385 e.